The van der Waals surface area contributed by atoms with Gasteiger partial charge in [0.15, 0.2) is 9.84 Å². The van der Waals surface area contributed by atoms with E-state index in [0.717, 1.165) is 5.75 Å². The summed E-state index contributed by atoms with van der Waals surface area (Å²) in [5.41, 5.74) is 1.21. The predicted molar refractivity (Wildman–Crippen MR) is 98.9 cm³/mol. The Kier molecular flexibility index (Phi) is 6.70. The molecule has 0 aromatic heterocycles. The van der Waals surface area contributed by atoms with Gasteiger partial charge in [-0.1, -0.05) is 26.0 Å². The topological polar surface area (TPSA) is 75.7 Å². The van der Waals surface area contributed by atoms with Crippen LogP contribution in [0, 0.1) is 0 Å². The number of benzene rings is 1. The molecule has 6 nitrogen and oxygen atoms in total. The minimum atomic E-state index is -3.00. The van der Waals surface area contributed by atoms with Crippen molar-refractivity contribution in [2.24, 2.45) is 0 Å². The first-order chi connectivity index (χ1) is 11.8. The molecule has 140 valence electrons. The van der Waals surface area contributed by atoms with Crippen LogP contribution >= 0.6 is 0 Å². The van der Waals surface area contributed by atoms with Crippen LogP contribution in [0.4, 0.5) is 4.79 Å². The van der Waals surface area contributed by atoms with Gasteiger partial charge in [0.05, 0.1) is 18.1 Å². The highest BCUT2D eigenvalue weighted by molar-refractivity contribution is 7.91. The number of nitrogens with one attached hydrogen (secondary N) is 1. The molecule has 0 spiro atoms. The lowest BCUT2D eigenvalue weighted by molar-refractivity contribution is 0.181. The van der Waals surface area contributed by atoms with Gasteiger partial charge in [0, 0.05) is 12.6 Å². The molecule has 1 N–H and O–H groups in total. The summed E-state index contributed by atoms with van der Waals surface area (Å²) in [5.74, 6) is 1.45. The summed E-state index contributed by atoms with van der Waals surface area (Å²) in [6, 6.07) is 7.48. The lowest BCUT2D eigenvalue weighted by Gasteiger charge is -2.27. The molecule has 0 saturated carbocycles. The van der Waals surface area contributed by atoms with Gasteiger partial charge in [0.25, 0.3) is 0 Å². The fourth-order valence-corrected chi connectivity index (χ4v) is 4.71. The summed E-state index contributed by atoms with van der Waals surface area (Å²) in [7, 11) is -3.00. The first-order valence-corrected chi connectivity index (χ1v) is 10.6. The number of ether oxygens (including phenoxy) is 1. The van der Waals surface area contributed by atoms with Gasteiger partial charge in [0.1, 0.15) is 12.4 Å². The number of hydrogen-bond donors (Lipinski definition) is 1. The van der Waals surface area contributed by atoms with Gasteiger partial charge in [-0.05, 0) is 37.0 Å². The van der Waals surface area contributed by atoms with Crippen LogP contribution in [-0.4, -0.2) is 56.6 Å². The molecule has 1 saturated heterocycles. The molecule has 1 aliphatic heterocycles. The summed E-state index contributed by atoms with van der Waals surface area (Å²) >= 11 is 0. The SMILES string of the molecule is CCN(C(=O)NCCOc1cccc(C(C)C)c1)C1CCS(=O)(=O)C1. The van der Waals surface area contributed by atoms with E-state index in [9.17, 15) is 13.2 Å². The number of nitrogens with zero attached hydrogens (tertiary/aromatic N) is 1. The van der Waals surface area contributed by atoms with E-state index in [-0.39, 0.29) is 23.6 Å². The lowest BCUT2D eigenvalue weighted by atomic mass is 10.0. The van der Waals surface area contributed by atoms with Crippen molar-refractivity contribution in [1.29, 1.82) is 0 Å². The van der Waals surface area contributed by atoms with E-state index in [4.69, 9.17) is 4.74 Å². The van der Waals surface area contributed by atoms with Crippen molar-refractivity contribution in [3.8, 4) is 5.75 Å². The molecule has 0 radical (unpaired) electrons. The maximum absolute atomic E-state index is 12.3. The summed E-state index contributed by atoms with van der Waals surface area (Å²) in [6.45, 7) is 7.35. The van der Waals surface area contributed by atoms with Crippen molar-refractivity contribution in [3.05, 3.63) is 29.8 Å². The molecule has 1 aromatic rings. The number of amides is 2. The van der Waals surface area contributed by atoms with Crippen molar-refractivity contribution < 1.29 is 17.9 Å². The van der Waals surface area contributed by atoms with E-state index in [1.54, 1.807) is 4.90 Å². The van der Waals surface area contributed by atoms with Crippen molar-refractivity contribution in [2.75, 3.05) is 31.2 Å². The monoisotopic (exact) mass is 368 g/mol. The molecule has 1 heterocycles. The first kappa shape index (κ1) is 19.6. The fraction of sp³-hybridized carbons (Fsp3) is 0.611. The average molecular weight is 368 g/mol. The van der Waals surface area contributed by atoms with E-state index in [1.165, 1.54) is 5.56 Å². The van der Waals surface area contributed by atoms with Crippen LogP contribution in [0.25, 0.3) is 0 Å². The van der Waals surface area contributed by atoms with Gasteiger partial charge in [-0.25, -0.2) is 13.2 Å². The molecule has 1 aromatic carbocycles. The van der Waals surface area contributed by atoms with Crippen LogP contribution in [0.1, 0.15) is 38.7 Å². The zero-order chi connectivity index (χ0) is 18.4. The number of hydrogen-bond acceptors (Lipinski definition) is 4. The Morgan fingerprint density at radius 1 is 1.40 bits per heavy atom. The molecule has 1 atom stereocenters. The van der Waals surface area contributed by atoms with Gasteiger partial charge >= 0.3 is 6.03 Å². The van der Waals surface area contributed by atoms with Crippen LogP contribution in [0.3, 0.4) is 0 Å². The third-order valence-electron chi connectivity index (χ3n) is 4.42. The molecule has 2 amide bonds. The molecular weight excluding hydrogens is 340 g/mol. The summed E-state index contributed by atoms with van der Waals surface area (Å²) in [4.78, 5) is 13.9. The second-order valence-corrected chi connectivity index (χ2v) is 8.88. The third-order valence-corrected chi connectivity index (χ3v) is 6.17. The summed E-state index contributed by atoms with van der Waals surface area (Å²) in [5, 5.41) is 2.81. The second kappa shape index (κ2) is 8.56. The minimum absolute atomic E-state index is 0.0623. The number of urea groups is 1. The molecule has 1 fully saturated rings. The minimum Gasteiger partial charge on any atom is -0.492 e. The van der Waals surface area contributed by atoms with Crippen LogP contribution in [0.15, 0.2) is 24.3 Å². The van der Waals surface area contributed by atoms with Crippen LogP contribution < -0.4 is 10.1 Å². The number of sulfone groups is 1. The Morgan fingerprint density at radius 2 is 2.16 bits per heavy atom. The quantitative estimate of drug-likeness (QED) is 0.750. The summed E-state index contributed by atoms with van der Waals surface area (Å²) < 4.78 is 28.9. The van der Waals surface area contributed by atoms with E-state index in [1.807, 2.05) is 25.1 Å². The van der Waals surface area contributed by atoms with Crippen LogP contribution in [-0.2, 0) is 9.84 Å². The maximum Gasteiger partial charge on any atom is 0.317 e. The van der Waals surface area contributed by atoms with Gasteiger partial charge in [-0.3, -0.25) is 0 Å². The third kappa shape index (κ3) is 5.63. The van der Waals surface area contributed by atoms with Crippen molar-refractivity contribution in [2.45, 2.75) is 39.2 Å². The van der Waals surface area contributed by atoms with E-state index in [2.05, 4.69) is 25.2 Å². The normalized spacial score (nSPS) is 19.0. The molecular formula is C18H28N2O4S. The lowest BCUT2D eigenvalue weighted by Crippen LogP contribution is -2.47. The highest BCUT2D eigenvalue weighted by atomic mass is 32.2. The molecule has 1 aliphatic rings. The molecule has 0 bridgehead atoms. The van der Waals surface area contributed by atoms with E-state index >= 15 is 0 Å². The molecule has 0 aliphatic carbocycles. The number of carbonyl (C=O) groups excluding carboxylic acids is 1. The number of carbonyl (C=O) groups is 1. The molecule has 7 heteroatoms. The maximum atomic E-state index is 12.3. The Balaban J connectivity index is 1.78. The smallest absolute Gasteiger partial charge is 0.317 e. The van der Waals surface area contributed by atoms with E-state index in [0.29, 0.717) is 32.0 Å². The fourth-order valence-electron chi connectivity index (χ4n) is 2.98. The molecule has 25 heavy (non-hydrogen) atoms. The van der Waals surface area contributed by atoms with Crippen molar-refractivity contribution >= 4 is 15.9 Å². The van der Waals surface area contributed by atoms with E-state index < -0.39 is 9.84 Å². The van der Waals surface area contributed by atoms with Gasteiger partial charge in [-0.15, -0.1) is 0 Å². The zero-order valence-electron chi connectivity index (χ0n) is 15.2. The Hall–Kier alpha value is -1.76. The summed E-state index contributed by atoms with van der Waals surface area (Å²) in [6.07, 6.45) is 0.516. The van der Waals surface area contributed by atoms with Crippen molar-refractivity contribution in [3.63, 3.8) is 0 Å². The largest absolute Gasteiger partial charge is 0.492 e. The van der Waals surface area contributed by atoms with Gasteiger partial charge < -0.3 is 15.0 Å². The Morgan fingerprint density at radius 3 is 2.76 bits per heavy atom. The highest BCUT2D eigenvalue weighted by Gasteiger charge is 2.33. The second-order valence-electron chi connectivity index (χ2n) is 6.65. The number of rotatable bonds is 7. The molecule has 1 unspecified atom stereocenters. The first-order valence-electron chi connectivity index (χ1n) is 8.80. The predicted octanol–water partition coefficient (Wildman–Crippen LogP) is 2.41. The zero-order valence-corrected chi connectivity index (χ0v) is 16.0. The van der Waals surface area contributed by atoms with Crippen LogP contribution in [0.5, 0.6) is 5.75 Å². The molecule has 2 rings (SSSR count). The van der Waals surface area contributed by atoms with Crippen molar-refractivity contribution in [1.82, 2.24) is 10.2 Å². The Labute approximate surface area is 150 Å². The van der Waals surface area contributed by atoms with Gasteiger partial charge in [0.2, 0.25) is 0 Å². The standard InChI is InChI=1S/C18H28N2O4S/c1-4-20(16-8-11-25(22,23)13-16)18(21)19-9-10-24-17-7-5-6-15(12-17)14(2)3/h5-7,12,14,16H,4,8-11,13H2,1-3H3,(H,19,21). The van der Waals surface area contributed by atoms with Gasteiger partial charge in [-0.2, -0.15) is 0 Å². The average Bonchev–Trinajstić information content (AvgIpc) is 2.92. The Bertz CT molecular complexity index is 688. The highest BCUT2D eigenvalue weighted by Crippen LogP contribution is 2.20. The van der Waals surface area contributed by atoms with Crippen LogP contribution in [0.2, 0.25) is 0 Å².